The van der Waals surface area contributed by atoms with Crippen molar-refractivity contribution in [2.24, 2.45) is 0 Å². The standard InChI is InChI=1S/C5H7N3.C4H4N2/c6-4-1-2-5(7)8-3-4;1-2-5-4-6-3-1/h1-3H,6H2,(H2,7,8);1-4H. The van der Waals surface area contributed by atoms with Gasteiger partial charge in [0.2, 0.25) is 0 Å². The van der Waals surface area contributed by atoms with Gasteiger partial charge in [-0.05, 0) is 18.2 Å². The van der Waals surface area contributed by atoms with Gasteiger partial charge in [0.05, 0.1) is 11.9 Å². The van der Waals surface area contributed by atoms with Crippen molar-refractivity contribution in [1.82, 2.24) is 15.0 Å². The molecule has 0 atom stereocenters. The normalized spacial score (nSPS) is 8.57. The molecule has 0 bridgehead atoms. The first-order chi connectivity index (χ1) is 6.79. The maximum absolute atomic E-state index is 5.31. The second-order valence-corrected chi connectivity index (χ2v) is 2.42. The summed E-state index contributed by atoms with van der Waals surface area (Å²) < 4.78 is 0. The first kappa shape index (κ1) is 9.91. The minimum absolute atomic E-state index is 0.499. The van der Waals surface area contributed by atoms with Gasteiger partial charge < -0.3 is 11.5 Å². The molecule has 5 nitrogen and oxygen atoms in total. The monoisotopic (exact) mass is 189 g/mol. The molecule has 0 fully saturated rings. The zero-order valence-corrected chi connectivity index (χ0v) is 7.54. The summed E-state index contributed by atoms with van der Waals surface area (Å²) in [6, 6.07) is 5.15. The van der Waals surface area contributed by atoms with Gasteiger partial charge in [-0.25, -0.2) is 15.0 Å². The van der Waals surface area contributed by atoms with Crippen molar-refractivity contribution >= 4 is 11.5 Å². The molecule has 2 aromatic heterocycles. The molecular weight excluding hydrogens is 178 g/mol. The molecule has 14 heavy (non-hydrogen) atoms. The van der Waals surface area contributed by atoms with E-state index in [1.807, 2.05) is 0 Å². The van der Waals surface area contributed by atoms with Crippen molar-refractivity contribution in [1.29, 1.82) is 0 Å². The molecule has 2 rings (SSSR count). The van der Waals surface area contributed by atoms with Crippen LogP contribution in [-0.2, 0) is 0 Å². The van der Waals surface area contributed by atoms with E-state index in [0.29, 0.717) is 11.5 Å². The summed E-state index contributed by atoms with van der Waals surface area (Å²) in [7, 11) is 0. The van der Waals surface area contributed by atoms with Crippen LogP contribution in [0.4, 0.5) is 11.5 Å². The topological polar surface area (TPSA) is 90.7 Å². The Balaban J connectivity index is 0.000000146. The molecule has 0 spiro atoms. The molecule has 0 saturated heterocycles. The largest absolute Gasteiger partial charge is 0.397 e. The lowest BCUT2D eigenvalue weighted by atomic mass is 10.4. The van der Waals surface area contributed by atoms with Gasteiger partial charge in [0.1, 0.15) is 12.1 Å². The van der Waals surface area contributed by atoms with Gasteiger partial charge in [0.15, 0.2) is 0 Å². The van der Waals surface area contributed by atoms with Crippen molar-refractivity contribution in [3.63, 3.8) is 0 Å². The van der Waals surface area contributed by atoms with Crippen molar-refractivity contribution in [3.05, 3.63) is 43.1 Å². The molecule has 0 unspecified atom stereocenters. The molecule has 5 heteroatoms. The molecule has 0 aliphatic carbocycles. The maximum Gasteiger partial charge on any atom is 0.123 e. The SMILES string of the molecule is Nc1ccc(N)nc1.c1cncnc1. The predicted molar refractivity (Wildman–Crippen MR) is 55.1 cm³/mol. The maximum atomic E-state index is 5.31. The lowest BCUT2D eigenvalue weighted by Crippen LogP contribution is -1.90. The second kappa shape index (κ2) is 5.47. The molecule has 2 aromatic rings. The lowest BCUT2D eigenvalue weighted by molar-refractivity contribution is 1.17. The Bertz CT molecular complexity index is 298. The van der Waals surface area contributed by atoms with Crippen LogP contribution in [0.25, 0.3) is 0 Å². The van der Waals surface area contributed by atoms with E-state index in [1.54, 1.807) is 30.6 Å². The van der Waals surface area contributed by atoms with Gasteiger partial charge >= 0.3 is 0 Å². The van der Waals surface area contributed by atoms with Crippen molar-refractivity contribution < 1.29 is 0 Å². The summed E-state index contributed by atoms with van der Waals surface area (Å²) in [6.07, 6.45) is 6.40. The molecule has 72 valence electrons. The van der Waals surface area contributed by atoms with E-state index in [-0.39, 0.29) is 0 Å². The third kappa shape index (κ3) is 4.01. The van der Waals surface area contributed by atoms with Crippen LogP contribution in [0.2, 0.25) is 0 Å². The van der Waals surface area contributed by atoms with Crippen LogP contribution < -0.4 is 11.5 Å². The summed E-state index contributed by atoms with van der Waals surface area (Å²) in [5.41, 5.74) is 11.2. The molecule has 2 heterocycles. The number of pyridine rings is 1. The first-order valence-electron chi connectivity index (χ1n) is 3.96. The van der Waals surface area contributed by atoms with E-state index in [4.69, 9.17) is 11.5 Å². The van der Waals surface area contributed by atoms with Crippen molar-refractivity contribution in [3.8, 4) is 0 Å². The minimum atomic E-state index is 0.499. The molecular formula is C9H11N5. The summed E-state index contributed by atoms with van der Waals surface area (Å²) in [5, 5.41) is 0. The Kier molecular flexibility index (Phi) is 3.87. The van der Waals surface area contributed by atoms with E-state index in [2.05, 4.69) is 15.0 Å². The van der Waals surface area contributed by atoms with Crippen LogP contribution in [0.5, 0.6) is 0 Å². The fraction of sp³-hybridized carbons (Fsp3) is 0. The Morgan fingerprint density at radius 1 is 1.00 bits per heavy atom. The summed E-state index contributed by atoms with van der Waals surface area (Å²) in [5.74, 6) is 0.499. The highest BCUT2D eigenvalue weighted by Crippen LogP contribution is 2.00. The highest BCUT2D eigenvalue weighted by Gasteiger charge is 1.82. The number of rotatable bonds is 0. The fourth-order valence-electron chi connectivity index (χ4n) is 0.670. The van der Waals surface area contributed by atoms with Crippen LogP contribution in [-0.4, -0.2) is 15.0 Å². The number of aromatic nitrogens is 3. The van der Waals surface area contributed by atoms with Gasteiger partial charge in [-0.2, -0.15) is 0 Å². The van der Waals surface area contributed by atoms with Crippen LogP contribution in [0, 0.1) is 0 Å². The fourth-order valence-corrected chi connectivity index (χ4v) is 0.670. The molecule has 0 saturated carbocycles. The molecule has 4 N–H and O–H groups in total. The van der Waals surface area contributed by atoms with Crippen LogP contribution in [0.1, 0.15) is 0 Å². The van der Waals surface area contributed by atoms with E-state index < -0.39 is 0 Å². The molecule has 0 amide bonds. The first-order valence-corrected chi connectivity index (χ1v) is 3.96. The molecule has 0 aromatic carbocycles. The van der Waals surface area contributed by atoms with Gasteiger partial charge in [-0.3, -0.25) is 0 Å². The van der Waals surface area contributed by atoms with Crippen LogP contribution in [0.3, 0.4) is 0 Å². The Morgan fingerprint density at radius 2 is 1.71 bits per heavy atom. The minimum Gasteiger partial charge on any atom is -0.397 e. The lowest BCUT2D eigenvalue weighted by Gasteiger charge is -1.89. The third-order valence-electron chi connectivity index (χ3n) is 1.29. The number of nitrogens with two attached hydrogens (primary N) is 2. The highest BCUT2D eigenvalue weighted by molar-refractivity contribution is 5.40. The predicted octanol–water partition coefficient (Wildman–Crippen LogP) is 0.723. The zero-order valence-electron chi connectivity index (χ0n) is 7.54. The molecule has 0 radical (unpaired) electrons. The van der Waals surface area contributed by atoms with Crippen LogP contribution in [0.15, 0.2) is 43.1 Å². The van der Waals surface area contributed by atoms with E-state index in [9.17, 15) is 0 Å². The number of hydrogen-bond acceptors (Lipinski definition) is 5. The number of anilines is 2. The van der Waals surface area contributed by atoms with E-state index in [0.717, 1.165) is 0 Å². The van der Waals surface area contributed by atoms with E-state index >= 15 is 0 Å². The van der Waals surface area contributed by atoms with E-state index in [1.165, 1.54) is 12.5 Å². The summed E-state index contributed by atoms with van der Waals surface area (Å²) in [6.45, 7) is 0. The highest BCUT2D eigenvalue weighted by atomic mass is 14.8. The molecule has 0 aliphatic heterocycles. The van der Waals surface area contributed by atoms with Gasteiger partial charge in [-0.15, -0.1) is 0 Å². The van der Waals surface area contributed by atoms with Gasteiger partial charge in [0.25, 0.3) is 0 Å². The zero-order chi connectivity index (χ0) is 10.2. The van der Waals surface area contributed by atoms with Crippen LogP contribution >= 0.6 is 0 Å². The Labute approximate surface area is 81.8 Å². The summed E-state index contributed by atoms with van der Waals surface area (Å²) in [4.78, 5) is 11.1. The number of nitrogens with zero attached hydrogens (tertiary/aromatic N) is 3. The average Bonchev–Trinajstić information content (AvgIpc) is 2.26. The second-order valence-electron chi connectivity index (χ2n) is 2.42. The van der Waals surface area contributed by atoms with Crippen molar-refractivity contribution in [2.45, 2.75) is 0 Å². The number of nitrogen functional groups attached to an aromatic ring is 2. The van der Waals surface area contributed by atoms with Gasteiger partial charge in [-0.1, -0.05) is 0 Å². The quantitative estimate of drug-likeness (QED) is 0.637. The Morgan fingerprint density at radius 3 is 2.00 bits per heavy atom. The van der Waals surface area contributed by atoms with Crippen molar-refractivity contribution in [2.75, 3.05) is 11.5 Å². The third-order valence-corrected chi connectivity index (χ3v) is 1.29. The smallest absolute Gasteiger partial charge is 0.123 e. The average molecular weight is 189 g/mol. The number of hydrogen-bond donors (Lipinski definition) is 2. The summed E-state index contributed by atoms with van der Waals surface area (Å²) >= 11 is 0. The Hall–Kier alpha value is -2.17. The van der Waals surface area contributed by atoms with Gasteiger partial charge in [0, 0.05) is 12.4 Å². The molecule has 0 aliphatic rings.